The Hall–Kier alpha value is -4.46. The summed E-state index contributed by atoms with van der Waals surface area (Å²) in [5, 5.41) is 4.20. The van der Waals surface area contributed by atoms with E-state index in [1.54, 1.807) is 20.9 Å². The van der Waals surface area contributed by atoms with Gasteiger partial charge in [-0.25, -0.2) is 9.97 Å². The molecule has 8 heteroatoms. The zero-order valence-corrected chi connectivity index (χ0v) is 17.6. The molecule has 0 fully saturated rings. The number of furan rings is 2. The second-order valence-electron chi connectivity index (χ2n) is 8.50. The van der Waals surface area contributed by atoms with Crippen molar-refractivity contribution in [3.05, 3.63) is 69.0 Å². The number of rotatable bonds is 1. The van der Waals surface area contributed by atoms with Crippen LogP contribution < -0.4 is 11.1 Å². The molecule has 8 aromatic rings. The Morgan fingerprint density at radius 1 is 0.848 bits per heavy atom. The van der Waals surface area contributed by atoms with E-state index in [-0.39, 0.29) is 11.1 Å². The molecule has 0 aliphatic rings. The number of aromatic nitrogens is 4. The van der Waals surface area contributed by atoms with Gasteiger partial charge in [0.25, 0.3) is 11.1 Å². The summed E-state index contributed by atoms with van der Waals surface area (Å²) < 4.78 is 14.3. The standard InChI is InChI=1S/C25H14N4O4/c1-3-17-20-21(10(2)33-17)29-23(27-20)12-5-4-11-18-13(6-7-14(19(12)18)25(29)31)24(30)28-16-9-32-8-15(16)26-22(11)28/h4-9H,3H2,1-2H3. The highest BCUT2D eigenvalue weighted by Crippen LogP contribution is 2.37. The van der Waals surface area contributed by atoms with Crippen molar-refractivity contribution >= 4 is 65.7 Å². The van der Waals surface area contributed by atoms with Crippen LogP contribution in [0.5, 0.6) is 0 Å². The molecule has 158 valence electrons. The van der Waals surface area contributed by atoms with E-state index < -0.39 is 0 Å². The Balaban J connectivity index is 1.71. The number of fused-ring (bicyclic) bond motifs is 8. The first-order valence-corrected chi connectivity index (χ1v) is 10.7. The second kappa shape index (κ2) is 5.29. The van der Waals surface area contributed by atoms with Crippen molar-refractivity contribution in [3.8, 4) is 0 Å². The van der Waals surface area contributed by atoms with Crippen molar-refractivity contribution in [1.82, 2.24) is 18.8 Å². The van der Waals surface area contributed by atoms with Gasteiger partial charge in [-0.2, -0.15) is 0 Å². The molecule has 0 saturated heterocycles. The van der Waals surface area contributed by atoms with E-state index in [1.807, 2.05) is 26.0 Å². The molecule has 33 heavy (non-hydrogen) atoms. The average Bonchev–Trinajstić information content (AvgIpc) is 3.56. The van der Waals surface area contributed by atoms with Gasteiger partial charge in [0.1, 0.15) is 57.4 Å². The molecule has 0 unspecified atom stereocenters. The number of nitrogens with zero attached hydrogens (tertiary/aromatic N) is 4. The van der Waals surface area contributed by atoms with Crippen LogP contribution in [0.4, 0.5) is 0 Å². The third-order valence-corrected chi connectivity index (χ3v) is 6.88. The fraction of sp³-hybridized carbons (Fsp3) is 0.120. The molecule has 8 nitrogen and oxygen atoms in total. The van der Waals surface area contributed by atoms with Crippen molar-refractivity contribution in [2.45, 2.75) is 20.3 Å². The van der Waals surface area contributed by atoms with E-state index in [2.05, 4.69) is 4.98 Å². The topological polar surface area (TPSA) is 95.0 Å². The lowest BCUT2D eigenvalue weighted by molar-refractivity contribution is 0.492. The molecule has 0 aliphatic carbocycles. The lowest BCUT2D eigenvalue weighted by Gasteiger charge is -2.12. The predicted octanol–water partition coefficient (Wildman–Crippen LogP) is 4.40. The maximum absolute atomic E-state index is 13.7. The normalized spacial score (nSPS) is 12.9. The van der Waals surface area contributed by atoms with E-state index in [4.69, 9.17) is 13.8 Å². The van der Waals surface area contributed by atoms with Crippen molar-refractivity contribution in [2.75, 3.05) is 0 Å². The van der Waals surface area contributed by atoms with Crippen LogP contribution in [0, 0.1) is 6.92 Å². The number of aryl methyl sites for hydroxylation is 2. The van der Waals surface area contributed by atoms with Gasteiger partial charge in [-0.3, -0.25) is 18.4 Å². The fourth-order valence-corrected chi connectivity index (χ4v) is 5.50. The maximum atomic E-state index is 13.7. The van der Waals surface area contributed by atoms with Crippen molar-refractivity contribution < 1.29 is 8.83 Å². The molecule has 0 spiro atoms. The minimum atomic E-state index is -0.187. The Bertz CT molecular complexity index is 2230. The molecule has 0 radical (unpaired) electrons. The zero-order valence-electron chi connectivity index (χ0n) is 17.6. The van der Waals surface area contributed by atoms with Gasteiger partial charge in [-0.05, 0) is 31.2 Å². The molecule has 2 aromatic carbocycles. The summed E-state index contributed by atoms with van der Waals surface area (Å²) >= 11 is 0. The first-order chi connectivity index (χ1) is 16.1. The predicted molar refractivity (Wildman–Crippen MR) is 125 cm³/mol. The van der Waals surface area contributed by atoms with Crippen LogP contribution >= 0.6 is 0 Å². The number of pyridine rings is 2. The molecule has 0 amide bonds. The summed E-state index contributed by atoms with van der Waals surface area (Å²) in [6, 6.07) is 7.41. The first-order valence-electron chi connectivity index (χ1n) is 10.7. The summed E-state index contributed by atoms with van der Waals surface area (Å²) in [5.74, 6) is 1.43. The monoisotopic (exact) mass is 434 g/mol. The Morgan fingerprint density at radius 2 is 1.48 bits per heavy atom. The average molecular weight is 434 g/mol. The van der Waals surface area contributed by atoms with E-state index in [0.717, 1.165) is 27.3 Å². The highest BCUT2D eigenvalue weighted by atomic mass is 16.3. The Kier molecular flexibility index (Phi) is 2.75. The largest absolute Gasteiger partial charge is 0.468 e. The lowest BCUT2D eigenvalue weighted by atomic mass is 9.96. The molecular weight excluding hydrogens is 420 g/mol. The first kappa shape index (κ1) is 17.1. The van der Waals surface area contributed by atoms with E-state index in [9.17, 15) is 9.59 Å². The van der Waals surface area contributed by atoms with Gasteiger partial charge < -0.3 is 8.83 Å². The van der Waals surface area contributed by atoms with Gasteiger partial charge in [0.15, 0.2) is 0 Å². The third kappa shape index (κ3) is 1.74. The molecule has 0 N–H and O–H groups in total. The quantitative estimate of drug-likeness (QED) is 0.356. The molecular formula is C25H14N4O4. The zero-order chi connectivity index (χ0) is 22.2. The number of hydrogen-bond acceptors (Lipinski definition) is 6. The highest BCUT2D eigenvalue weighted by Gasteiger charge is 2.24. The van der Waals surface area contributed by atoms with Crippen LogP contribution in [0.15, 0.2) is 55.2 Å². The van der Waals surface area contributed by atoms with Gasteiger partial charge in [0.05, 0.1) is 0 Å². The minimum absolute atomic E-state index is 0.172. The van der Waals surface area contributed by atoms with Crippen molar-refractivity contribution in [3.63, 3.8) is 0 Å². The molecule has 0 bridgehead atoms. The third-order valence-electron chi connectivity index (χ3n) is 6.88. The van der Waals surface area contributed by atoms with Crippen LogP contribution in [0.25, 0.3) is 65.7 Å². The molecule has 8 rings (SSSR count). The summed E-state index contributed by atoms with van der Waals surface area (Å²) in [7, 11) is 0. The highest BCUT2D eigenvalue weighted by molar-refractivity contribution is 6.27. The summed E-state index contributed by atoms with van der Waals surface area (Å²) in [6.45, 7) is 3.86. The van der Waals surface area contributed by atoms with Gasteiger partial charge in [-0.15, -0.1) is 0 Å². The van der Waals surface area contributed by atoms with Crippen LogP contribution in [-0.4, -0.2) is 18.8 Å². The second-order valence-corrected chi connectivity index (χ2v) is 8.50. The minimum Gasteiger partial charge on any atom is -0.468 e. The summed E-state index contributed by atoms with van der Waals surface area (Å²) in [4.78, 5) is 36.7. The molecule has 0 aliphatic heterocycles. The number of benzene rings is 2. The molecule has 0 saturated carbocycles. The van der Waals surface area contributed by atoms with E-state index in [0.29, 0.717) is 56.3 Å². The lowest BCUT2D eigenvalue weighted by Crippen LogP contribution is -2.16. The van der Waals surface area contributed by atoms with Crippen LogP contribution in [0.3, 0.4) is 0 Å². The van der Waals surface area contributed by atoms with Gasteiger partial charge >= 0.3 is 0 Å². The number of imidazole rings is 2. The molecule has 6 heterocycles. The SMILES string of the molecule is CCc1oc(C)c2c1nc1c3ccc4c5c(ccc(c(=O)n12)c35)c(=O)n1c2cocc2nc41. The van der Waals surface area contributed by atoms with Crippen LogP contribution in [-0.2, 0) is 6.42 Å². The Morgan fingerprint density at radius 3 is 2.18 bits per heavy atom. The Labute approximate surface area is 183 Å². The van der Waals surface area contributed by atoms with Gasteiger partial charge in [0.2, 0.25) is 0 Å². The number of hydrogen-bond donors (Lipinski definition) is 0. The van der Waals surface area contributed by atoms with Crippen molar-refractivity contribution in [1.29, 1.82) is 0 Å². The summed E-state index contributed by atoms with van der Waals surface area (Å²) in [5.41, 5.74) is 3.44. The van der Waals surface area contributed by atoms with Crippen LogP contribution in [0.2, 0.25) is 0 Å². The van der Waals surface area contributed by atoms with Gasteiger partial charge in [0, 0.05) is 38.7 Å². The molecule has 6 aromatic heterocycles. The van der Waals surface area contributed by atoms with Crippen LogP contribution in [0.1, 0.15) is 18.4 Å². The van der Waals surface area contributed by atoms with Crippen molar-refractivity contribution in [2.24, 2.45) is 0 Å². The van der Waals surface area contributed by atoms with E-state index in [1.165, 1.54) is 12.5 Å². The fourth-order valence-electron chi connectivity index (χ4n) is 5.50. The van der Waals surface area contributed by atoms with E-state index >= 15 is 0 Å². The molecule has 0 atom stereocenters. The maximum Gasteiger partial charge on any atom is 0.264 e. The smallest absolute Gasteiger partial charge is 0.264 e. The summed E-state index contributed by atoms with van der Waals surface area (Å²) in [6.07, 6.45) is 3.74. The van der Waals surface area contributed by atoms with Gasteiger partial charge in [-0.1, -0.05) is 6.92 Å².